The number of carbonyl (C=O) groups is 1. The molecule has 0 spiro atoms. The summed E-state index contributed by atoms with van der Waals surface area (Å²) in [4.78, 5) is 10.5. The Labute approximate surface area is 83.3 Å². The summed E-state index contributed by atoms with van der Waals surface area (Å²) in [5.41, 5.74) is 5.24. The lowest BCUT2D eigenvalue weighted by atomic mass is 9.98. The van der Waals surface area contributed by atoms with Crippen LogP contribution in [0.1, 0.15) is 11.5 Å². The van der Waals surface area contributed by atoms with Crippen LogP contribution in [0.15, 0.2) is 24.3 Å². The second-order valence-corrected chi connectivity index (χ2v) is 2.98. The fraction of sp³-hybridized carbons (Fsp3) is 0.222. The maximum atomic E-state index is 12.3. The number of alkyl halides is 3. The van der Waals surface area contributed by atoms with Gasteiger partial charge >= 0.3 is 12.1 Å². The summed E-state index contributed by atoms with van der Waals surface area (Å²) in [6.07, 6.45) is -4.80. The van der Waals surface area contributed by atoms with Gasteiger partial charge < -0.3 is 10.8 Å². The molecule has 0 radical (unpaired) electrons. The molecule has 1 aromatic rings. The lowest BCUT2D eigenvalue weighted by molar-refractivity contribution is -0.176. The van der Waals surface area contributed by atoms with Crippen molar-refractivity contribution in [1.82, 2.24) is 0 Å². The van der Waals surface area contributed by atoms with Crippen LogP contribution in [0, 0.1) is 0 Å². The number of carboxylic acids is 1. The summed E-state index contributed by atoms with van der Waals surface area (Å²) in [5, 5.41) is 8.48. The Hall–Kier alpha value is -1.72. The van der Waals surface area contributed by atoms with Crippen molar-refractivity contribution < 1.29 is 23.1 Å². The summed E-state index contributed by atoms with van der Waals surface area (Å²) in [7, 11) is 0. The van der Waals surface area contributed by atoms with Gasteiger partial charge in [0.25, 0.3) is 0 Å². The maximum absolute atomic E-state index is 12.3. The molecule has 3 N–H and O–H groups in total. The first-order valence-corrected chi connectivity index (χ1v) is 3.97. The highest BCUT2D eigenvalue weighted by Gasteiger charge is 2.46. The molecule has 1 atom stereocenters. The van der Waals surface area contributed by atoms with E-state index in [2.05, 4.69) is 0 Å². The number of anilines is 1. The number of halogens is 3. The highest BCUT2D eigenvalue weighted by Crippen LogP contribution is 2.35. The predicted molar refractivity (Wildman–Crippen MR) is 47.3 cm³/mol. The van der Waals surface area contributed by atoms with Gasteiger partial charge in [-0.05, 0) is 17.7 Å². The topological polar surface area (TPSA) is 63.3 Å². The summed E-state index contributed by atoms with van der Waals surface area (Å²) in [6.45, 7) is 0. The Bertz CT molecular complexity index is 359. The highest BCUT2D eigenvalue weighted by molar-refractivity contribution is 5.77. The lowest BCUT2D eigenvalue weighted by Gasteiger charge is -2.16. The molecule has 15 heavy (non-hydrogen) atoms. The monoisotopic (exact) mass is 219 g/mol. The normalized spacial score (nSPS) is 13.5. The van der Waals surface area contributed by atoms with Crippen molar-refractivity contribution in [3.63, 3.8) is 0 Å². The minimum atomic E-state index is -4.80. The lowest BCUT2D eigenvalue weighted by Crippen LogP contribution is -2.28. The first-order valence-electron chi connectivity index (χ1n) is 3.97. The van der Waals surface area contributed by atoms with E-state index < -0.39 is 18.1 Å². The molecule has 6 heteroatoms. The van der Waals surface area contributed by atoms with Crippen LogP contribution in [-0.2, 0) is 4.79 Å². The van der Waals surface area contributed by atoms with Crippen LogP contribution in [0.2, 0.25) is 0 Å². The quantitative estimate of drug-likeness (QED) is 0.747. The van der Waals surface area contributed by atoms with Gasteiger partial charge in [0, 0.05) is 5.69 Å². The van der Waals surface area contributed by atoms with Gasteiger partial charge in [0.2, 0.25) is 0 Å². The molecule has 0 aliphatic heterocycles. The number of hydrogen-bond acceptors (Lipinski definition) is 2. The molecule has 3 nitrogen and oxygen atoms in total. The molecule has 82 valence electrons. The van der Waals surface area contributed by atoms with E-state index in [9.17, 15) is 18.0 Å². The van der Waals surface area contributed by atoms with Crippen LogP contribution in [0.3, 0.4) is 0 Å². The number of benzene rings is 1. The molecule has 1 unspecified atom stereocenters. The molecule has 0 saturated carbocycles. The minimum Gasteiger partial charge on any atom is -0.481 e. The van der Waals surface area contributed by atoms with Crippen LogP contribution >= 0.6 is 0 Å². The largest absolute Gasteiger partial charge is 0.481 e. The van der Waals surface area contributed by atoms with Crippen molar-refractivity contribution in [2.75, 3.05) is 5.73 Å². The summed E-state index contributed by atoms with van der Waals surface area (Å²) in [6, 6.07) is 4.58. The first-order chi connectivity index (χ1) is 6.82. The molecule has 0 aromatic heterocycles. The van der Waals surface area contributed by atoms with Crippen LogP contribution in [0.4, 0.5) is 18.9 Å². The van der Waals surface area contributed by atoms with Crippen LogP contribution in [0.5, 0.6) is 0 Å². The van der Waals surface area contributed by atoms with Crippen molar-refractivity contribution in [3.05, 3.63) is 29.8 Å². The average Bonchev–Trinajstić information content (AvgIpc) is 2.05. The third-order valence-corrected chi connectivity index (χ3v) is 1.84. The number of nitrogens with two attached hydrogens (primary N) is 1. The van der Waals surface area contributed by atoms with Crippen LogP contribution in [-0.4, -0.2) is 17.3 Å². The second-order valence-electron chi connectivity index (χ2n) is 2.98. The second kappa shape index (κ2) is 3.80. The van der Waals surface area contributed by atoms with Gasteiger partial charge in [0.05, 0.1) is 0 Å². The van der Waals surface area contributed by atoms with E-state index >= 15 is 0 Å². The van der Waals surface area contributed by atoms with Crippen molar-refractivity contribution in [3.8, 4) is 0 Å². The zero-order chi connectivity index (χ0) is 11.6. The van der Waals surface area contributed by atoms with Crippen molar-refractivity contribution in [2.24, 2.45) is 0 Å². The molecular weight excluding hydrogens is 211 g/mol. The highest BCUT2D eigenvalue weighted by atomic mass is 19.4. The van der Waals surface area contributed by atoms with Crippen molar-refractivity contribution in [1.29, 1.82) is 0 Å². The molecular formula is C9H8F3NO2. The Balaban J connectivity index is 3.11. The third kappa shape index (κ3) is 2.61. The molecule has 0 aliphatic carbocycles. The fourth-order valence-electron chi connectivity index (χ4n) is 1.16. The van der Waals surface area contributed by atoms with E-state index in [-0.39, 0.29) is 11.3 Å². The number of aliphatic carboxylic acids is 1. The van der Waals surface area contributed by atoms with E-state index in [1.165, 1.54) is 12.1 Å². The van der Waals surface area contributed by atoms with E-state index in [1.54, 1.807) is 0 Å². The molecule has 0 heterocycles. The van der Waals surface area contributed by atoms with Gasteiger partial charge in [-0.3, -0.25) is 4.79 Å². The zero-order valence-corrected chi connectivity index (χ0v) is 7.45. The molecule has 1 aromatic carbocycles. The molecule has 0 bridgehead atoms. The Morgan fingerprint density at radius 2 is 1.73 bits per heavy atom. The summed E-state index contributed by atoms with van der Waals surface area (Å²) in [5.74, 6) is -4.43. The van der Waals surface area contributed by atoms with E-state index in [1.807, 2.05) is 0 Å². The van der Waals surface area contributed by atoms with Gasteiger partial charge in [0.1, 0.15) is 0 Å². The van der Waals surface area contributed by atoms with Gasteiger partial charge in [-0.1, -0.05) is 12.1 Å². The zero-order valence-electron chi connectivity index (χ0n) is 7.45. The molecule has 0 amide bonds. The molecule has 0 saturated heterocycles. The van der Waals surface area contributed by atoms with Gasteiger partial charge in [-0.15, -0.1) is 0 Å². The molecule has 0 fully saturated rings. The maximum Gasteiger partial charge on any atom is 0.406 e. The number of nitrogen functional groups attached to an aromatic ring is 1. The SMILES string of the molecule is Nc1ccc(C(C(=O)O)C(F)(F)F)cc1. The number of carboxylic acid groups (broad SMARTS) is 1. The standard InChI is InChI=1S/C9H8F3NO2/c10-9(11,12)7(8(14)15)5-1-3-6(13)4-2-5/h1-4,7H,13H2,(H,14,15). The van der Waals surface area contributed by atoms with E-state index in [4.69, 9.17) is 10.8 Å². The van der Waals surface area contributed by atoms with Crippen molar-refractivity contribution >= 4 is 11.7 Å². The number of rotatable bonds is 2. The van der Waals surface area contributed by atoms with E-state index in [0.717, 1.165) is 12.1 Å². The fourth-order valence-corrected chi connectivity index (χ4v) is 1.16. The van der Waals surface area contributed by atoms with Crippen molar-refractivity contribution in [2.45, 2.75) is 12.1 Å². The number of hydrogen-bond donors (Lipinski definition) is 2. The van der Waals surface area contributed by atoms with Gasteiger partial charge in [0.15, 0.2) is 5.92 Å². The van der Waals surface area contributed by atoms with Gasteiger partial charge in [-0.2, -0.15) is 13.2 Å². The van der Waals surface area contributed by atoms with Crippen LogP contribution in [0.25, 0.3) is 0 Å². The Morgan fingerprint density at radius 1 is 1.27 bits per heavy atom. The average molecular weight is 219 g/mol. The minimum absolute atomic E-state index is 0.282. The molecule has 1 rings (SSSR count). The first kappa shape index (κ1) is 11.4. The predicted octanol–water partition coefficient (Wildman–Crippen LogP) is 2.00. The third-order valence-electron chi connectivity index (χ3n) is 1.84. The molecule has 0 aliphatic rings. The summed E-state index contributed by atoms with van der Waals surface area (Å²) >= 11 is 0. The van der Waals surface area contributed by atoms with Crippen LogP contribution < -0.4 is 5.73 Å². The Kier molecular flexibility index (Phi) is 2.88. The smallest absolute Gasteiger partial charge is 0.406 e. The Morgan fingerprint density at radius 3 is 2.07 bits per heavy atom. The summed E-state index contributed by atoms with van der Waals surface area (Å²) < 4.78 is 37.0. The van der Waals surface area contributed by atoms with E-state index in [0.29, 0.717) is 0 Å². The van der Waals surface area contributed by atoms with Gasteiger partial charge in [-0.25, -0.2) is 0 Å².